The molecule has 8 rings (SSSR count). The quantitative estimate of drug-likeness (QED) is 0.204. The Bertz CT molecular complexity index is 2020. The summed E-state index contributed by atoms with van der Waals surface area (Å²) in [7, 11) is 0. The molecule has 6 aromatic rings. The van der Waals surface area contributed by atoms with Crippen LogP contribution in [0.15, 0.2) is 169 Å². The number of fused-ring (bicyclic) bond motifs is 4. The molecule has 0 amide bonds. The largest absolute Gasteiger partial charge is 0.334 e. The Labute approximate surface area is 250 Å². The van der Waals surface area contributed by atoms with E-state index in [4.69, 9.17) is 0 Å². The Kier molecular flexibility index (Phi) is 6.20. The topological polar surface area (TPSA) is 3.24 Å². The lowest BCUT2D eigenvalue weighted by Gasteiger charge is -2.38. The highest BCUT2D eigenvalue weighted by Crippen LogP contribution is 2.41. The first kappa shape index (κ1) is 24.8. The second kappa shape index (κ2) is 10.5. The molecular formula is C40H29NS. The van der Waals surface area contributed by atoms with Gasteiger partial charge < -0.3 is 4.90 Å². The highest BCUT2D eigenvalue weighted by Gasteiger charge is 2.30. The van der Waals surface area contributed by atoms with Crippen LogP contribution in [0.25, 0.3) is 42.4 Å². The van der Waals surface area contributed by atoms with Gasteiger partial charge in [-0.05, 0) is 64.2 Å². The number of rotatable bonds is 5. The van der Waals surface area contributed by atoms with Gasteiger partial charge >= 0.3 is 0 Å². The van der Waals surface area contributed by atoms with E-state index >= 15 is 0 Å². The Morgan fingerprint density at radius 1 is 0.500 bits per heavy atom. The van der Waals surface area contributed by atoms with Gasteiger partial charge in [-0.3, -0.25) is 0 Å². The summed E-state index contributed by atoms with van der Waals surface area (Å²) < 4.78 is 2.66. The maximum absolute atomic E-state index is 2.52. The van der Waals surface area contributed by atoms with Crippen molar-refractivity contribution in [3.05, 3.63) is 169 Å². The van der Waals surface area contributed by atoms with Crippen molar-refractivity contribution in [2.24, 2.45) is 5.92 Å². The standard InChI is InChI=1S/C40H29NS/c1-2-9-28(10-3-1)29-17-19-30(20-18-29)31-21-23-33(24-22-31)41(38-15-8-12-32-11-4-5-13-35(32)38)34-25-26-40-37(27-34)36-14-6-7-16-39(36)42-40/h1-27,35,38H. The summed E-state index contributed by atoms with van der Waals surface area (Å²) in [6, 6.07) is 44.4. The van der Waals surface area contributed by atoms with Crippen LogP contribution in [0, 0.1) is 5.92 Å². The summed E-state index contributed by atoms with van der Waals surface area (Å²) in [6.45, 7) is 0. The fourth-order valence-electron chi connectivity index (χ4n) is 6.35. The van der Waals surface area contributed by atoms with Gasteiger partial charge in [-0.25, -0.2) is 0 Å². The van der Waals surface area contributed by atoms with Crippen molar-refractivity contribution >= 4 is 42.9 Å². The van der Waals surface area contributed by atoms with Gasteiger partial charge in [0, 0.05) is 37.5 Å². The van der Waals surface area contributed by atoms with Gasteiger partial charge in [0.25, 0.3) is 0 Å². The van der Waals surface area contributed by atoms with E-state index in [9.17, 15) is 0 Å². The van der Waals surface area contributed by atoms with Gasteiger partial charge in [-0.1, -0.05) is 127 Å². The van der Waals surface area contributed by atoms with E-state index in [0.717, 1.165) is 0 Å². The minimum Gasteiger partial charge on any atom is -0.334 e. The van der Waals surface area contributed by atoms with E-state index in [1.807, 2.05) is 11.3 Å². The zero-order chi connectivity index (χ0) is 27.9. The third kappa shape index (κ3) is 4.41. The lowest BCUT2D eigenvalue weighted by Crippen LogP contribution is -2.37. The van der Waals surface area contributed by atoms with Crippen molar-refractivity contribution < 1.29 is 0 Å². The number of benzene rings is 5. The van der Waals surface area contributed by atoms with Gasteiger partial charge in [0.05, 0.1) is 6.04 Å². The van der Waals surface area contributed by atoms with Crippen LogP contribution in [-0.4, -0.2) is 6.04 Å². The zero-order valence-electron chi connectivity index (χ0n) is 23.1. The predicted octanol–water partition coefficient (Wildman–Crippen LogP) is 11.1. The Morgan fingerprint density at radius 3 is 1.93 bits per heavy atom. The highest BCUT2D eigenvalue weighted by molar-refractivity contribution is 7.25. The number of nitrogens with zero attached hydrogens (tertiary/aromatic N) is 1. The molecule has 0 saturated heterocycles. The van der Waals surface area contributed by atoms with Crippen LogP contribution in [0.5, 0.6) is 0 Å². The van der Waals surface area contributed by atoms with E-state index in [1.165, 1.54) is 59.4 Å². The molecule has 2 aliphatic carbocycles. The molecule has 1 aromatic heterocycles. The minimum absolute atomic E-state index is 0.171. The number of thiophene rings is 1. The Balaban J connectivity index is 1.19. The van der Waals surface area contributed by atoms with Crippen LogP contribution in [0.2, 0.25) is 0 Å². The minimum atomic E-state index is 0.171. The second-order valence-electron chi connectivity index (χ2n) is 11.0. The van der Waals surface area contributed by atoms with E-state index in [1.54, 1.807) is 0 Å². The Morgan fingerprint density at radius 2 is 1.14 bits per heavy atom. The first-order chi connectivity index (χ1) is 20.8. The molecule has 0 radical (unpaired) electrons. The number of anilines is 2. The fourth-order valence-corrected chi connectivity index (χ4v) is 7.44. The second-order valence-corrected chi connectivity index (χ2v) is 12.0. The highest BCUT2D eigenvalue weighted by atomic mass is 32.1. The molecule has 0 aliphatic heterocycles. The van der Waals surface area contributed by atoms with E-state index in [2.05, 4.69) is 169 Å². The van der Waals surface area contributed by atoms with Gasteiger partial charge in [0.15, 0.2) is 0 Å². The monoisotopic (exact) mass is 555 g/mol. The summed E-state index contributed by atoms with van der Waals surface area (Å²) in [6.07, 6.45) is 15.7. The summed E-state index contributed by atoms with van der Waals surface area (Å²) >= 11 is 1.87. The molecule has 2 heteroatoms. The number of allylic oxidation sites excluding steroid dienone is 5. The van der Waals surface area contributed by atoms with Gasteiger partial charge in [0.2, 0.25) is 0 Å². The van der Waals surface area contributed by atoms with Gasteiger partial charge in [0.1, 0.15) is 0 Å². The van der Waals surface area contributed by atoms with Crippen molar-refractivity contribution in [1.29, 1.82) is 0 Å². The molecule has 0 bridgehead atoms. The first-order valence-electron chi connectivity index (χ1n) is 14.5. The van der Waals surface area contributed by atoms with E-state index in [0.29, 0.717) is 5.92 Å². The molecule has 5 aromatic carbocycles. The summed E-state index contributed by atoms with van der Waals surface area (Å²) in [5.41, 5.74) is 8.68. The molecule has 0 fully saturated rings. The van der Waals surface area contributed by atoms with Gasteiger partial charge in [-0.2, -0.15) is 0 Å². The maximum atomic E-state index is 2.52. The van der Waals surface area contributed by atoms with Gasteiger partial charge in [-0.15, -0.1) is 11.3 Å². The van der Waals surface area contributed by atoms with Crippen LogP contribution in [-0.2, 0) is 0 Å². The van der Waals surface area contributed by atoms with Crippen molar-refractivity contribution in [1.82, 2.24) is 0 Å². The molecule has 42 heavy (non-hydrogen) atoms. The molecule has 0 spiro atoms. The molecule has 1 heterocycles. The number of hydrogen-bond donors (Lipinski definition) is 0. The molecule has 0 N–H and O–H groups in total. The van der Waals surface area contributed by atoms with Crippen LogP contribution in [0.4, 0.5) is 11.4 Å². The zero-order valence-corrected chi connectivity index (χ0v) is 23.9. The van der Waals surface area contributed by atoms with Crippen molar-refractivity contribution in [2.45, 2.75) is 6.04 Å². The average molecular weight is 556 g/mol. The third-order valence-electron chi connectivity index (χ3n) is 8.48. The molecule has 0 saturated carbocycles. The lowest BCUT2D eigenvalue weighted by molar-refractivity contribution is 0.640. The van der Waals surface area contributed by atoms with Crippen LogP contribution < -0.4 is 4.90 Å². The molecular weight excluding hydrogens is 527 g/mol. The third-order valence-corrected chi connectivity index (χ3v) is 9.63. The fraction of sp³-hybridized carbons (Fsp3) is 0.0500. The smallest absolute Gasteiger partial charge is 0.0628 e. The average Bonchev–Trinajstić information content (AvgIpc) is 3.44. The maximum Gasteiger partial charge on any atom is 0.0628 e. The number of hydrogen-bond acceptors (Lipinski definition) is 2. The molecule has 2 unspecified atom stereocenters. The van der Waals surface area contributed by atoms with Crippen LogP contribution in [0.1, 0.15) is 0 Å². The SMILES string of the molecule is C1=CC2=CC=CC(N(c3ccc(-c4ccc(-c5ccccc5)cc4)cc3)c3ccc4sc5ccccc5c4c3)C2C=C1. The lowest BCUT2D eigenvalue weighted by atomic mass is 9.83. The summed E-state index contributed by atoms with van der Waals surface area (Å²) in [5.74, 6) is 0.292. The molecule has 2 aliphatic rings. The summed E-state index contributed by atoms with van der Waals surface area (Å²) in [4.78, 5) is 2.52. The van der Waals surface area contributed by atoms with Crippen molar-refractivity contribution in [3.8, 4) is 22.3 Å². The first-order valence-corrected chi connectivity index (χ1v) is 15.3. The summed E-state index contributed by atoms with van der Waals surface area (Å²) in [5, 5.41) is 2.65. The predicted molar refractivity (Wildman–Crippen MR) is 182 cm³/mol. The Hall–Kier alpha value is -4.92. The van der Waals surface area contributed by atoms with Crippen LogP contribution >= 0.6 is 11.3 Å². The van der Waals surface area contributed by atoms with E-state index < -0.39 is 0 Å². The van der Waals surface area contributed by atoms with Crippen LogP contribution in [0.3, 0.4) is 0 Å². The normalized spacial score (nSPS) is 17.4. The molecule has 1 nitrogen and oxygen atoms in total. The van der Waals surface area contributed by atoms with Crippen molar-refractivity contribution in [3.63, 3.8) is 0 Å². The van der Waals surface area contributed by atoms with E-state index in [-0.39, 0.29) is 6.04 Å². The molecule has 2 atom stereocenters. The van der Waals surface area contributed by atoms with Crippen molar-refractivity contribution in [2.75, 3.05) is 4.90 Å². The molecule has 200 valence electrons.